The van der Waals surface area contributed by atoms with Gasteiger partial charge < -0.3 is 71.4 Å². The van der Waals surface area contributed by atoms with E-state index in [0.29, 0.717) is 99.5 Å². The Labute approximate surface area is 863 Å². The first kappa shape index (κ1) is 118. The van der Waals surface area contributed by atoms with E-state index in [9.17, 15) is 84.2 Å². The fourth-order valence-electron chi connectivity index (χ4n) is 30.0. The molecule has 0 aromatic carbocycles. The highest BCUT2D eigenvalue weighted by atomic mass is 19.4. The van der Waals surface area contributed by atoms with E-state index in [1.54, 1.807) is 69.6 Å². The van der Waals surface area contributed by atoms with E-state index >= 15 is 0 Å². The molecule has 1 saturated heterocycles. The van der Waals surface area contributed by atoms with Crippen molar-refractivity contribution >= 4 is 65.7 Å². The van der Waals surface area contributed by atoms with E-state index < -0.39 is 134 Å². The van der Waals surface area contributed by atoms with Gasteiger partial charge in [0.15, 0.2) is 19.2 Å². The molecule has 832 valence electrons. The highest BCUT2D eigenvalue weighted by molar-refractivity contribution is 5.94. The van der Waals surface area contributed by atoms with E-state index in [1.807, 2.05) is 83.1 Å². The van der Waals surface area contributed by atoms with Crippen LogP contribution in [0.15, 0.2) is 0 Å². The van der Waals surface area contributed by atoms with Crippen LogP contribution in [-0.4, -0.2) is 186 Å². The number of hydrogen-bond acceptors (Lipinski definition) is 26. The van der Waals surface area contributed by atoms with Crippen LogP contribution in [0.4, 0.5) is 26.3 Å². The molecule has 146 heavy (non-hydrogen) atoms. The van der Waals surface area contributed by atoms with Gasteiger partial charge in [-0.25, -0.2) is 27.6 Å². The monoisotopic (exact) mass is 2080 g/mol. The first-order valence-corrected chi connectivity index (χ1v) is 54.5. The lowest BCUT2D eigenvalue weighted by Gasteiger charge is -2.60. The van der Waals surface area contributed by atoms with Gasteiger partial charge in [-0.1, -0.05) is 69.2 Å². The van der Waals surface area contributed by atoms with Crippen LogP contribution in [0, 0.1) is 170 Å². The average Bonchev–Trinajstić information content (AvgIpc) is 1.51. The second-order valence-electron chi connectivity index (χ2n) is 56.2. The molecule has 0 aromatic heterocycles. The summed E-state index contributed by atoms with van der Waals surface area (Å²) < 4.78 is 159. The van der Waals surface area contributed by atoms with Crippen LogP contribution in [0.25, 0.3) is 0 Å². The number of esters is 11. The molecule has 12 atom stereocenters. The van der Waals surface area contributed by atoms with Crippen LogP contribution < -0.4 is 0 Å². The number of methoxy groups -OCH3 is 2. The predicted molar refractivity (Wildman–Crippen MR) is 526 cm³/mol. The summed E-state index contributed by atoms with van der Waals surface area (Å²) in [5.41, 5.74) is -9.98. The van der Waals surface area contributed by atoms with Crippen molar-refractivity contribution in [3.8, 4) is 0 Å². The first-order valence-electron chi connectivity index (χ1n) is 54.5. The van der Waals surface area contributed by atoms with Gasteiger partial charge >= 0.3 is 77.6 Å². The first-order chi connectivity index (χ1) is 67.0. The van der Waals surface area contributed by atoms with Crippen molar-refractivity contribution in [3.63, 3.8) is 0 Å². The molecule has 0 spiro atoms. The van der Waals surface area contributed by atoms with E-state index in [2.05, 4.69) is 23.3 Å². The topological polar surface area (TPSA) is 337 Å². The van der Waals surface area contributed by atoms with Gasteiger partial charge in [-0.15, -0.1) is 0 Å². The number of carbonyl (C=O) groups is 11. The Bertz CT molecular complexity index is 4600. The molecule has 0 amide bonds. The van der Waals surface area contributed by atoms with Crippen molar-refractivity contribution in [2.45, 2.75) is 414 Å². The molecule has 32 heteroatoms. The van der Waals surface area contributed by atoms with E-state index in [1.165, 1.54) is 77.6 Å². The number of ether oxygens (including phenoxy) is 14. The van der Waals surface area contributed by atoms with Crippen LogP contribution in [-0.2, 0) is 119 Å². The maximum Gasteiger partial charge on any atom is 0.468 e. The second kappa shape index (κ2) is 42.5. The Balaban J connectivity index is 0.000000157. The zero-order valence-corrected chi connectivity index (χ0v) is 93.1. The molecule has 12 unspecified atom stereocenters. The molecule has 1 heterocycles. The molecule has 1 N–H and O–H groups in total. The SMILES string of the molecule is CC(C)(C)C(=O)OCC(=O)OCC1(C)C2CC3CC(C2)CC1C3.CC(C)(C)C(=O)OCC1(C)C2CC3CC(C2)CC1C3.CC(C)(C)C(F)COC(=O)C12CCC(C)(C(=O)O1)C2(C)C.CCOC(=O)C(OCC(F)(F)C(C)(C)C)(OC(=O)C12CC3CC(CC(O)(C3)C1)C2)C(F)(F)F.COC(C)OC(=O)C12CC3CC(C1)C(COC(=O)C(C)(C)C)C(C3)C2.COC(C)OC(=O)C12CC3CC(CC(COC(=O)C(C)(C)C)(C3)C1)C2. The maximum absolute atomic E-state index is 14.5. The normalized spacial score (nSPS) is 37.4. The number of alkyl halides is 6. The number of carbonyl (C=O) groups excluding carboxylic acids is 11. The minimum atomic E-state index is -5.69. The third-order valence-electron chi connectivity index (χ3n) is 38.4. The molecular formula is C114H178F6O26. The third-order valence-corrected chi connectivity index (χ3v) is 38.4. The third kappa shape index (κ3) is 24.7. The number of fused-ring (bicyclic) bond motifs is 2. The van der Waals surface area contributed by atoms with Crippen molar-refractivity contribution < 1.29 is 151 Å². The molecule has 22 fully saturated rings. The van der Waals surface area contributed by atoms with E-state index in [0.717, 1.165) is 127 Å². The summed E-state index contributed by atoms with van der Waals surface area (Å²) in [6.07, 6.45) is 19.5. The van der Waals surface area contributed by atoms with Gasteiger partial charge in [-0.05, 0) is 397 Å². The number of hydrogen-bond donors (Lipinski definition) is 1. The van der Waals surface area contributed by atoms with E-state index in [-0.39, 0.29) is 113 Å². The molecule has 1 aliphatic heterocycles. The lowest BCUT2D eigenvalue weighted by Crippen LogP contribution is -2.64. The molecule has 22 aliphatic rings. The zero-order valence-electron chi connectivity index (χ0n) is 93.1. The largest absolute Gasteiger partial charge is 0.468 e. The maximum atomic E-state index is 14.5. The molecule has 0 radical (unpaired) electrons. The van der Waals surface area contributed by atoms with Crippen LogP contribution in [0.5, 0.6) is 0 Å². The summed E-state index contributed by atoms with van der Waals surface area (Å²) in [5.74, 6) is -4.31. The summed E-state index contributed by atoms with van der Waals surface area (Å²) in [6.45, 7) is 45.0. The summed E-state index contributed by atoms with van der Waals surface area (Å²) >= 11 is 0. The van der Waals surface area contributed by atoms with Crippen molar-refractivity contribution in [2.24, 2.45) is 170 Å². The standard InChI is InChI=1S/C22H31F5O6.2C20H32O5.C19H30O4.C17H28O2.C16H25FO4/c1-5-31-16(29)21(22(25,26)27,32-12-20(23,24)17(2,3)4)33-15(28)18-7-13-6-14(8-18)10-19(30,9-13)11-18;1-13(23-5)25-17(22)20-9-14-6-15(10-20)8-19(7-14,11-20)12-24-16(21)18(2,3)4;1-12(23-5)25-18(22)20-8-13-6-14(9-20)16(15(7-13)10-20)11-24-17(21)19(2,3)4;1-18(2,3)17(21)22-10-16(20)23-11-19(4)14-6-12-5-13(8-14)9-15(19)7-12;1-16(2,3)15(18)19-10-17(4)13-6-11-5-12(8-13)9-14(17)7-11;1-13(2,3)10(17)9-20-12(19)16-8-7-15(6,11(18)21-16)14(16,4)5/h13-14,30H,5-12H2,1-4H3;13-15H,6-12H2,1-5H3;12-16H,6-11H2,1-5H3;12-15H,5-11H2,1-4H3;11-14H,5-10H2,1-4H3;10H,7-9H2,1-6H3. The van der Waals surface area contributed by atoms with Crippen molar-refractivity contribution in [1.82, 2.24) is 0 Å². The number of aliphatic hydroxyl groups is 1. The fraction of sp³-hybridized carbons (Fsp3) is 0.904. The van der Waals surface area contributed by atoms with E-state index in [4.69, 9.17) is 56.8 Å². The van der Waals surface area contributed by atoms with Crippen LogP contribution in [0.3, 0.4) is 0 Å². The van der Waals surface area contributed by atoms with Crippen molar-refractivity contribution in [3.05, 3.63) is 0 Å². The Morgan fingerprint density at radius 3 is 1.22 bits per heavy atom. The summed E-state index contributed by atoms with van der Waals surface area (Å²) in [4.78, 5) is 136. The minimum absolute atomic E-state index is 0.0393. The quantitative estimate of drug-likeness (QED) is 0.0364. The summed E-state index contributed by atoms with van der Waals surface area (Å²) in [5, 5.41) is 10.8. The Kier molecular flexibility index (Phi) is 34.4. The van der Waals surface area contributed by atoms with Gasteiger partial charge in [-0.3, -0.25) is 38.4 Å². The van der Waals surface area contributed by atoms with Gasteiger partial charge in [0.05, 0.1) is 82.0 Å². The molecule has 22 rings (SSSR count). The van der Waals surface area contributed by atoms with Gasteiger partial charge in [0.2, 0.25) is 5.60 Å². The highest BCUT2D eigenvalue weighted by Crippen LogP contribution is 2.71. The fourth-order valence-corrected chi connectivity index (χ4v) is 30.0. The summed E-state index contributed by atoms with van der Waals surface area (Å²) in [7, 11) is 3.10. The molecule has 26 nitrogen and oxygen atoms in total. The van der Waals surface area contributed by atoms with Crippen LogP contribution >= 0.6 is 0 Å². The van der Waals surface area contributed by atoms with Crippen molar-refractivity contribution in [2.75, 3.05) is 67.1 Å². The van der Waals surface area contributed by atoms with Gasteiger partial charge in [0, 0.05) is 41.3 Å². The summed E-state index contributed by atoms with van der Waals surface area (Å²) in [6, 6.07) is 0. The Morgan fingerprint density at radius 1 is 0.432 bits per heavy atom. The Hall–Kier alpha value is -6.41. The Morgan fingerprint density at radius 2 is 0.829 bits per heavy atom. The number of halogens is 6. The second-order valence-corrected chi connectivity index (χ2v) is 56.2. The molecule has 22 bridgehead atoms. The molecule has 0 aromatic rings. The van der Waals surface area contributed by atoms with Crippen LogP contribution in [0.1, 0.15) is 366 Å². The number of rotatable bonds is 26. The highest BCUT2D eigenvalue weighted by Gasteiger charge is 2.78. The minimum Gasteiger partial charge on any atom is -0.465 e. The van der Waals surface area contributed by atoms with Crippen molar-refractivity contribution in [1.29, 1.82) is 0 Å². The smallest absolute Gasteiger partial charge is 0.465 e. The molecule has 21 saturated carbocycles. The lowest BCUT2D eigenvalue weighted by atomic mass is 9.44. The van der Waals surface area contributed by atoms with Crippen LogP contribution in [0.2, 0.25) is 0 Å². The zero-order chi connectivity index (χ0) is 109. The van der Waals surface area contributed by atoms with Gasteiger partial charge in [0.1, 0.15) is 19.4 Å². The average molecular weight is 2080 g/mol. The predicted octanol–water partition coefficient (Wildman–Crippen LogP) is 22.3. The lowest BCUT2D eigenvalue weighted by molar-refractivity contribution is -0.370. The molecule has 21 aliphatic carbocycles. The van der Waals surface area contributed by atoms with Gasteiger partial charge in [0.25, 0.3) is 5.92 Å². The molecular weight excluding hydrogens is 1900 g/mol. The van der Waals surface area contributed by atoms with Gasteiger partial charge in [-0.2, -0.15) is 13.2 Å².